The second kappa shape index (κ2) is 11.5. The van der Waals surface area contributed by atoms with Gasteiger partial charge in [-0.1, -0.05) is 0 Å². The Bertz CT molecular complexity index is 1220. The maximum Gasteiger partial charge on any atom is 0.338 e. The molecule has 1 amide bonds. The van der Waals surface area contributed by atoms with Gasteiger partial charge in [0.1, 0.15) is 18.1 Å². The van der Waals surface area contributed by atoms with Crippen LogP contribution in [0.25, 0.3) is 6.08 Å². The fraction of sp³-hybridized carbons (Fsp3) is 0.286. The standard InChI is InChI=1S/C28H29NO7/c1-4-34-28(31)19-7-9-22(10-8-19)36-18-24-23-17-26(33-3)25(32-2)16-20(23)13-14-29(24)27(30)12-11-21-6-5-15-35-21/h5-12,15-17,24H,4,13-14,18H2,1-3H3/b12-11+/t24-/m1/s1. The lowest BCUT2D eigenvalue weighted by molar-refractivity contribution is -0.129. The number of hydrogen-bond acceptors (Lipinski definition) is 7. The lowest BCUT2D eigenvalue weighted by Gasteiger charge is -2.37. The van der Waals surface area contributed by atoms with Crippen molar-refractivity contribution in [3.8, 4) is 17.2 Å². The van der Waals surface area contributed by atoms with Crippen molar-refractivity contribution in [1.82, 2.24) is 4.90 Å². The highest BCUT2D eigenvalue weighted by Crippen LogP contribution is 2.38. The Kier molecular flexibility index (Phi) is 7.95. The van der Waals surface area contributed by atoms with Crippen molar-refractivity contribution in [1.29, 1.82) is 0 Å². The van der Waals surface area contributed by atoms with Gasteiger partial charge < -0.3 is 28.3 Å². The van der Waals surface area contributed by atoms with Crippen molar-refractivity contribution in [3.05, 3.63) is 83.3 Å². The number of carbonyl (C=O) groups is 2. The minimum absolute atomic E-state index is 0.155. The average Bonchev–Trinajstić information content (AvgIpc) is 3.43. The number of amides is 1. The van der Waals surface area contributed by atoms with Crippen LogP contribution in [0.3, 0.4) is 0 Å². The average molecular weight is 492 g/mol. The Hall–Kier alpha value is -4.20. The number of furan rings is 1. The van der Waals surface area contributed by atoms with Crippen LogP contribution in [0.1, 0.15) is 40.2 Å². The fourth-order valence-electron chi connectivity index (χ4n) is 4.18. The lowest BCUT2D eigenvalue weighted by atomic mass is 9.92. The van der Waals surface area contributed by atoms with Gasteiger partial charge >= 0.3 is 5.97 Å². The van der Waals surface area contributed by atoms with Crippen molar-refractivity contribution in [2.45, 2.75) is 19.4 Å². The van der Waals surface area contributed by atoms with Gasteiger partial charge in [0.05, 0.1) is 38.7 Å². The summed E-state index contributed by atoms with van der Waals surface area (Å²) >= 11 is 0. The summed E-state index contributed by atoms with van der Waals surface area (Å²) in [7, 11) is 3.18. The van der Waals surface area contributed by atoms with Crippen LogP contribution in [0.4, 0.5) is 0 Å². The molecule has 1 aliphatic rings. The van der Waals surface area contributed by atoms with Crippen LogP contribution in [-0.2, 0) is 16.0 Å². The molecule has 4 rings (SSSR count). The van der Waals surface area contributed by atoms with E-state index in [1.807, 2.05) is 12.1 Å². The number of esters is 1. The largest absolute Gasteiger partial charge is 0.493 e. The van der Waals surface area contributed by atoms with Crippen LogP contribution >= 0.6 is 0 Å². The number of rotatable bonds is 9. The van der Waals surface area contributed by atoms with Gasteiger partial charge in [0, 0.05) is 12.6 Å². The van der Waals surface area contributed by atoms with E-state index < -0.39 is 0 Å². The number of fused-ring (bicyclic) bond motifs is 1. The van der Waals surface area contributed by atoms with Crippen molar-refractivity contribution in [3.63, 3.8) is 0 Å². The number of nitrogens with zero attached hydrogens (tertiary/aromatic N) is 1. The van der Waals surface area contributed by atoms with Crippen molar-refractivity contribution in [2.75, 3.05) is 34.0 Å². The van der Waals surface area contributed by atoms with Crippen LogP contribution in [-0.4, -0.2) is 50.8 Å². The molecule has 0 N–H and O–H groups in total. The molecule has 1 aromatic heterocycles. The van der Waals surface area contributed by atoms with Crippen LogP contribution in [0.2, 0.25) is 0 Å². The molecule has 8 heteroatoms. The van der Waals surface area contributed by atoms with Gasteiger partial charge in [-0.3, -0.25) is 4.79 Å². The number of hydrogen-bond donors (Lipinski definition) is 0. The summed E-state index contributed by atoms with van der Waals surface area (Å²) in [6, 6.07) is 13.8. The lowest BCUT2D eigenvalue weighted by Crippen LogP contribution is -2.41. The molecule has 0 bridgehead atoms. The molecule has 0 spiro atoms. The van der Waals surface area contributed by atoms with Crippen LogP contribution in [0, 0.1) is 0 Å². The van der Waals surface area contributed by atoms with Gasteiger partial charge in [-0.25, -0.2) is 4.79 Å². The van der Waals surface area contributed by atoms with Gasteiger partial charge in [0.25, 0.3) is 0 Å². The summed E-state index contributed by atoms with van der Waals surface area (Å²) in [6.45, 7) is 2.80. The normalized spacial score (nSPS) is 14.9. The Balaban J connectivity index is 1.59. The molecule has 188 valence electrons. The third-order valence-corrected chi connectivity index (χ3v) is 5.99. The third kappa shape index (κ3) is 5.54. The molecular weight excluding hydrogens is 462 g/mol. The van der Waals surface area contributed by atoms with Gasteiger partial charge in [-0.15, -0.1) is 0 Å². The monoisotopic (exact) mass is 491 g/mol. The van der Waals surface area contributed by atoms with E-state index in [-0.39, 0.29) is 24.5 Å². The van der Waals surface area contributed by atoms with Gasteiger partial charge in [0.15, 0.2) is 11.5 Å². The molecule has 0 saturated carbocycles. The topological polar surface area (TPSA) is 87.4 Å². The molecule has 0 radical (unpaired) electrons. The Labute approximate surface area is 210 Å². The summed E-state index contributed by atoms with van der Waals surface area (Å²) in [5.74, 6) is 1.86. The molecule has 0 aliphatic carbocycles. The Morgan fingerprint density at radius 2 is 1.83 bits per heavy atom. The molecule has 0 fully saturated rings. The first-order chi connectivity index (χ1) is 17.5. The van der Waals surface area contributed by atoms with Crippen LogP contribution < -0.4 is 14.2 Å². The van der Waals surface area contributed by atoms with E-state index in [9.17, 15) is 9.59 Å². The zero-order chi connectivity index (χ0) is 25.5. The van der Waals surface area contributed by atoms with Gasteiger partial charge in [0.2, 0.25) is 5.91 Å². The van der Waals surface area contributed by atoms with E-state index in [0.29, 0.717) is 48.1 Å². The molecule has 0 unspecified atom stereocenters. The number of carbonyl (C=O) groups excluding carboxylic acids is 2. The molecule has 1 atom stereocenters. The fourth-order valence-corrected chi connectivity index (χ4v) is 4.18. The summed E-state index contributed by atoms with van der Waals surface area (Å²) in [5.41, 5.74) is 2.45. The summed E-state index contributed by atoms with van der Waals surface area (Å²) in [4.78, 5) is 26.9. The molecule has 36 heavy (non-hydrogen) atoms. The minimum Gasteiger partial charge on any atom is -0.493 e. The van der Waals surface area contributed by atoms with Crippen molar-refractivity contribution >= 4 is 18.0 Å². The smallest absolute Gasteiger partial charge is 0.338 e. The highest BCUT2D eigenvalue weighted by Gasteiger charge is 2.32. The van der Waals surface area contributed by atoms with E-state index in [1.54, 1.807) is 74.8 Å². The SMILES string of the molecule is CCOC(=O)c1ccc(OC[C@@H]2c3cc(OC)c(OC)cc3CCN2C(=O)/C=C/c2ccco2)cc1. The Morgan fingerprint density at radius 1 is 1.08 bits per heavy atom. The highest BCUT2D eigenvalue weighted by molar-refractivity contribution is 5.92. The Morgan fingerprint density at radius 3 is 2.50 bits per heavy atom. The molecule has 1 aliphatic heterocycles. The summed E-state index contributed by atoms with van der Waals surface area (Å²) < 4.78 is 27.4. The molecule has 2 aromatic carbocycles. The minimum atomic E-state index is -0.383. The van der Waals surface area contributed by atoms with E-state index >= 15 is 0 Å². The predicted molar refractivity (Wildman–Crippen MR) is 133 cm³/mol. The second-order valence-corrected chi connectivity index (χ2v) is 8.11. The number of methoxy groups -OCH3 is 2. The molecule has 2 heterocycles. The van der Waals surface area contributed by atoms with Gasteiger partial charge in [-0.05, 0) is 79.1 Å². The second-order valence-electron chi connectivity index (χ2n) is 8.11. The molecule has 0 saturated heterocycles. The zero-order valence-electron chi connectivity index (χ0n) is 20.6. The van der Waals surface area contributed by atoms with E-state index in [0.717, 1.165) is 11.1 Å². The first-order valence-electron chi connectivity index (χ1n) is 11.7. The predicted octanol–water partition coefficient (Wildman–Crippen LogP) is 4.69. The van der Waals surface area contributed by atoms with E-state index in [4.69, 9.17) is 23.4 Å². The molecule has 8 nitrogen and oxygen atoms in total. The molecule has 3 aromatic rings. The van der Waals surface area contributed by atoms with E-state index in [1.165, 1.54) is 6.08 Å². The maximum absolute atomic E-state index is 13.2. The first kappa shape index (κ1) is 24.9. The van der Waals surface area contributed by atoms with Crippen LogP contribution in [0.15, 0.2) is 65.3 Å². The summed E-state index contributed by atoms with van der Waals surface area (Å²) in [5, 5.41) is 0. The quantitative estimate of drug-likeness (QED) is 0.317. The highest BCUT2D eigenvalue weighted by atomic mass is 16.5. The molecular formula is C28H29NO7. The van der Waals surface area contributed by atoms with Gasteiger partial charge in [-0.2, -0.15) is 0 Å². The summed E-state index contributed by atoms with van der Waals surface area (Å²) in [6.07, 6.45) is 5.38. The van der Waals surface area contributed by atoms with Crippen molar-refractivity contribution in [2.24, 2.45) is 0 Å². The van der Waals surface area contributed by atoms with Crippen molar-refractivity contribution < 1.29 is 33.0 Å². The zero-order valence-corrected chi connectivity index (χ0v) is 20.6. The third-order valence-electron chi connectivity index (χ3n) is 5.99. The number of ether oxygens (including phenoxy) is 4. The number of benzene rings is 2. The maximum atomic E-state index is 13.2. The van der Waals surface area contributed by atoms with E-state index in [2.05, 4.69) is 0 Å². The van der Waals surface area contributed by atoms with Crippen LogP contribution in [0.5, 0.6) is 17.2 Å². The first-order valence-corrected chi connectivity index (χ1v) is 11.7.